The molecule has 0 unspecified atom stereocenters. The largest absolute Gasteiger partial charge is 0.352 e. The maximum absolute atomic E-state index is 12.1. The lowest BCUT2D eigenvalue weighted by molar-refractivity contribution is 0.0950. The standard InChI is InChI=1S/C17H14N2OS/c20-16(15-6-3-9-18-17(15)21)19-11-12-7-8-13-4-1-2-5-14(13)10-12/h1-10H,11H2,(H,18,21)(H,19,20). The van der Waals surface area contributed by atoms with Crippen LogP contribution >= 0.6 is 12.2 Å². The quantitative estimate of drug-likeness (QED) is 0.721. The monoisotopic (exact) mass is 294 g/mol. The molecular formula is C17H14N2OS. The molecule has 1 amide bonds. The number of rotatable bonds is 3. The van der Waals surface area contributed by atoms with Gasteiger partial charge in [0.05, 0.1) is 5.56 Å². The molecule has 2 aromatic carbocycles. The summed E-state index contributed by atoms with van der Waals surface area (Å²) in [5.41, 5.74) is 1.56. The number of hydrogen-bond donors (Lipinski definition) is 2. The highest BCUT2D eigenvalue weighted by molar-refractivity contribution is 7.71. The van der Waals surface area contributed by atoms with Crippen LogP contribution in [0.1, 0.15) is 15.9 Å². The Labute approximate surface area is 127 Å². The Morgan fingerprint density at radius 1 is 1.05 bits per heavy atom. The zero-order valence-corrected chi connectivity index (χ0v) is 12.1. The van der Waals surface area contributed by atoms with Gasteiger partial charge in [0.25, 0.3) is 5.91 Å². The molecule has 3 rings (SSSR count). The summed E-state index contributed by atoms with van der Waals surface area (Å²) in [6, 6.07) is 17.8. The zero-order chi connectivity index (χ0) is 14.7. The molecule has 104 valence electrons. The van der Waals surface area contributed by atoms with Crippen LogP contribution in [0.5, 0.6) is 0 Å². The summed E-state index contributed by atoms with van der Waals surface area (Å²) < 4.78 is 0.452. The molecule has 0 fully saturated rings. The Hall–Kier alpha value is -2.46. The lowest BCUT2D eigenvalue weighted by Gasteiger charge is -2.07. The lowest BCUT2D eigenvalue weighted by Crippen LogP contribution is -2.23. The molecule has 0 bridgehead atoms. The van der Waals surface area contributed by atoms with Crippen LogP contribution in [0, 0.1) is 4.64 Å². The van der Waals surface area contributed by atoms with Gasteiger partial charge in [0.1, 0.15) is 4.64 Å². The number of H-pyrrole nitrogens is 1. The number of carbonyl (C=O) groups excluding carboxylic acids is 1. The van der Waals surface area contributed by atoms with Crippen LogP contribution in [0.15, 0.2) is 60.8 Å². The lowest BCUT2D eigenvalue weighted by atomic mass is 10.1. The van der Waals surface area contributed by atoms with Crippen molar-refractivity contribution >= 4 is 28.9 Å². The Morgan fingerprint density at radius 3 is 2.67 bits per heavy atom. The Balaban J connectivity index is 1.76. The summed E-state index contributed by atoms with van der Waals surface area (Å²) >= 11 is 5.11. The van der Waals surface area contributed by atoms with Gasteiger partial charge in [-0.25, -0.2) is 0 Å². The SMILES string of the molecule is O=C(NCc1ccc2ccccc2c1)c1ccc[nH]c1=S. The number of aromatic amines is 1. The van der Waals surface area contributed by atoms with Gasteiger partial charge in [-0.15, -0.1) is 0 Å². The second-order valence-electron chi connectivity index (χ2n) is 4.78. The van der Waals surface area contributed by atoms with Crippen LogP contribution in [0.25, 0.3) is 10.8 Å². The van der Waals surface area contributed by atoms with E-state index in [4.69, 9.17) is 12.2 Å². The molecule has 3 nitrogen and oxygen atoms in total. The third-order valence-corrected chi connectivity index (χ3v) is 3.67. The van der Waals surface area contributed by atoms with Gasteiger partial charge in [-0.1, -0.05) is 48.6 Å². The molecule has 0 spiro atoms. The first-order chi connectivity index (χ1) is 10.2. The van der Waals surface area contributed by atoms with Gasteiger partial charge >= 0.3 is 0 Å². The van der Waals surface area contributed by atoms with E-state index in [1.54, 1.807) is 18.3 Å². The molecular weight excluding hydrogens is 280 g/mol. The van der Waals surface area contributed by atoms with Gasteiger partial charge in [0, 0.05) is 12.7 Å². The minimum absolute atomic E-state index is 0.162. The molecule has 2 N–H and O–H groups in total. The van der Waals surface area contributed by atoms with E-state index in [2.05, 4.69) is 34.6 Å². The molecule has 1 heterocycles. The van der Waals surface area contributed by atoms with Crippen molar-refractivity contribution in [3.8, 4) is 0 Å². The molecule has 0 atom stereocenters. The summed E-state index contributed by atoms with van der Waals surface area (Å²) in [7, 11) is 0. The minimum atomic E-state index is -0.162. The Morgan fingerprint density at radius 2 is 1.86 bits per heavy atom. The van der Waals surface area contributed by atoms with Crippen LogP contribution in [0.2, 0.25) is 0 Å². The molecule has 0 radical (unpaired) electrons. The number of fused-ring (bicyclic) bond motifs is 1. The van der Waals surface area contributed by atoms with Crippen molar-refractivity contribution in [3.05, 3.63) is 76.6 Å². The summed E-state index contributed by atoms with van der Waals surface area (Å²) in [5, 5.41) is 5.26. The predicted octanol–water partition coefficient (Wildman–Crippen LogP) is 3.83. The normalized spacial score (nSPS) is 10.5. The maximum atomic E-state index is 12.1. The molecule has 0 aliphatic rings. The molecule has 0 saturated carbocycles. The first-order valence-electron chi connectivity index (χ1n) is 6.67. The first-order valence-corrected chi connectivity index (χ1v) is 7.08. The van der Waals surface area contributed by atoms with Crippen molar-refractivity contribution in [2.24, 2.45) is 0 Å². The molecule has 3 aromatic rings. The topological polar surface area (TPSA) is 44.9 Å². The van der Waals surface area contributed by atoms with E-state index in [-0.39, 0.29) is 5.91 Å². The highest BCUT2D eigenvalue weighted by Gasteiger charge is 2.06. The van der Waals surface area contributed by atoms with Gasteiger partial charge in [0.15, 0.2) is 0 Å². The van der Waals surface area contributed by atoms with Crippen LogP contribution in [0.4, 0.5) is 0 Å². The van der Waals surface area contributed by atoms with Crippen molar-refractivity contribution in [3.63, 3.8) is 0 Å². The third-order valence-electron chi connectivity index (χ3n) is 3.33. The number of benzene rings is 2. The van der Waals surface area contributed by atoms with E-state index in [1.165, 1.54) is 10.8 Å². The Kier molecular flexibility index (Phi) is 3.79. The predicted molar refractivity (Wildman–Crippen MR) is 86.7 cm³/mol. The highest BCUT2D eigenvalue weighted by Crippen LogP contribution is 2.15. The molecule has 1 aromatic heterocycles. The average Bonchev–Trinajstić information content (AvgIpc) is 2.53. The fourth-order valence-electron chi connectivity index (χ4n) is 2.23. The number of carbonyl (C=O) groups is 1. The average molecular weight is 294 g/mol. The summed E-state index contributed by atoms with van der Waals surface area (Å²) in [4.78, 5) is 15.0. The number of amides is 1. The maximum Gasteiger partial charge on any atom is 0.254 e. The van der Waals surface area contributed by atoms with Crippen LogP contribution in [-0.4, -0.2) is 10.9 Å². The zero-order valence-electron chi connectivity index (χ0n) is 11.3. The van der Waals surface area contributed by atoms with Crippen molar-refractivity contribution in [1.29, 1.82) is 0 Å². The van der Waals surface area contributed by atoms with Gasteiger partial charge in [-0.2, -0.15) is 0 Å². The number of nitrogens with one attached hydrogen (secondary N) is 2. The van der Waals surface area contributed by atoms with Crippen molar-refractivity contribution in [1.82, 2.24) is 10.3 Å². The number of pyridine rings is 1. The van der Waals surface area contributed by atoms with Crippen LogP contribution in [0.3, 0.4) is 0 Å². The van der Waals surface area contributed by atoms with Gasteiger partial charge < -0.3 is 10.3 Å². The minimum Gasteiger partial charge on any atom is -0.352 e. The highest BCUT2D eigenvalue weighted by atomic mass is 32.1. The fourth-order valence-corrected chi connectivity index (χ4v) is 2.46. The van der Waals surface area contributed by atoms with E-state index in [0.717, 1.165) is 5.56 Å². The second-order valence-corrected chi connectivity index (χ2v) is 5.19. The summed E-state index contributed by atoms with van der Waals surface area (Å²) in [6.07, 6.45) is 1.71. The van der Waals surface area contributed by atoms with E-state index in [0.29, 0.717) is 16.7 Å². The first kappa shape index (κ1) is 13.5. The second kappa shape index (κ2) is 5.89. The van der Waals surface area contributed by atoms with Gasteiger partial charge in [-0.3, -0.25) is 4.79 Å². The molecule has 0 aliphatic carbocycles. The van der Waals surface area contributed by atoms with Crippen molar-refractivity contribution in [2.75, 3.05) is 0 Å². The molecule has 21 heavy (non-hydrogen) atoms. The van der Waals surface area contributed by atoms with Gasteiger partial charge in [-0.05, 0) is 34.5 Å². The smallest absolute Gasteiger partial charge is 0.254 e. The van der Waals surface area contributed by atoms with Crippen molar-refractivity contribution in [2.45, 2.75) is 6.54 Å². The molecule has 0 saturated heterocycles. The third kappa shape index (κ3) is 3.01. The Bertz CT molecular complexity index is 854. The van der Waals surface area contributed by atoms with E-state index in [1.807, 2.05) is 18.2 Å². The molecule has 4 heteroatoms. The van der Waals surface area contributed by atoms with E-state index >= 15 is 0 Å². The van der Waals surface area contributed by atoms with Crippen LogP contribution in [-0.2, 0) is 6.54 Å². The molecule has 0 aliphatic heterocycles. The van der Waals surface area contributed by atoms with Gasteiger partial charge in [0.2, 0.25) is 0 Å². The number of hydrogen-bond acceptors (Lipinski definition) is 2. The van der Waals surface area contributed by atoms with Crippen LogP contribution < -0.4 is 5.32 Å². The number of aromatic nitrogens is 1. The summed E-state index contributed by atoms with van der Waals surface area (Å²) in [6.45, 7) is 0.479. The summed E-state index contributed by atoms with van der Waals surface area (Å²) in [5.74, 6) is -0.162. The van der Waals surface area contributed by atoms with E-state index in [9.17, 15) is 4.79 Å². The van der Waals surface area contributed by atoms with Crippen molar-refractivity contribution < 1.29 is 4.79 Å². The van der Waals surface area contributed by atoms with E-state index < -0.39 is 0 Å². The fraction of sp³-hybridized carbons (Fsp3) is 0.0588.